The fourth-order valence-electron chi connectivity index (χ4n) is 1.97. The van der Waals surface area contributed by atoms with Crippen LogP contribution in [0.2, 0.25) is 0 Å². The minimum absolute atomic E-state index is 0.0646. The highest BCUT2D eigenvalue weighted by atomic mass is 32.2. The van der Waals surface area contributed by atoms with Gasteiger partial charge in [0, 0.05) is 19.7 Å². The van der Waals surface area contributed by atoms with Gasteiger partial charge in [0.15, 0.2) is 0 Å². The Kier molecular flexibility index (Phi) is 10.5. The van der Waals surface area contributed by atoms with E-state index in [1.165, 1.54) is 0 Å². The van der Waals surface area contributed by atoms with Gasteiger partial charge in [0.25, 0.3) is 0 Å². The number of methoxy groups -OCH3 is 1. The molecule has 0 fully saturated rings. The molecule has 0 aromatic heterocycles. The first-order chi connectivity index (χ1) is 8.62. The highest BCUT2D eigenvalue weighted by Gasteiger charge is 2.25. The number of nitrogens with zero attached hydrogens (tertiary/aromatic N) is 1. The van der Waals surface area contributed by atoms with E-state index in [9.17, 15) is 4.79 Å². The van der Waals surface area contributed by atoms with E-state index in [0.29, 0.717) is 13.2 Å². The molecule has 0 aromatic rings. The molecule has 0 heterocycles. The van der Waals surface area contributed by atoms with E-state index >= 15 is 0 Å². The Bertz CT molecular complexity index is 223. The number of thioether (sulfide) groups is 1. The number of ether oxygens (including phenoxy) is 1. The lowest BCUT2D eigenvalue weighted by molar-refractivity contribution is -0.135. The van der Waals surface area contributed by atoms with Gasteiger partial charge in [-0.15, -0.1) is 0 Å². The molecule has 1 amide bonds. The lowest BCUT2D eigenvalue weighted by atomic mass is 10.1. The minimum atomic E-state index is -0.380. The van der Waals surface area contributed by atoms with Crippen LogP contribution in [0.1, 0.15) is 33.1 Å². The van der Waals surface area contributed by atoms with E-state index in [0.717, 1.165) is 25.0 Å². The van der Waals surface area contributed by atoms with E-state index in [2.05, 4.69) is 13.8 Å². The van der Waals surface area contributed by atoms with Gasteiger partial charge >= 0.3 is 0 Å². The molecule has 0 radical (unpaired) electrons. The Balaban J connectivity index is 4.55. The number of hydrogen-bond acceptors (Lipinski definition) is 4. The molecule has 0 spiro atoms. The van der Waals surface area contributed by atoms with Crippen molar-refractivity contribution in [2.75, 3.05) is 32.3 Å². The van der Waals surface area contributed by atoms with Gasteiger partial charge in [-0.1, -0.05) is 13.8 Å². The van der Waals surface area contributed by atoms with Crippen LogP contribution in [0.25, 0.3) is 0 Å². The first-order valence-electron chi connectivity index (χ1n) is 6.66. The molecule has 1 atom stereocenters. The third-order valence-corrected chi connectivity index (χ3v) is 3.80. The third kappa shape index (κ3) is 6.07. The number of amides is 1. The zero-order valence-corrected chi connectivity index (χ0v) is 13.0. The van der Waals surface area contributed by atoms with E-state index in [1.54, 1.807) is 18.9 Å². The molecule has 0 aliphatic rings. The second kappa shape index (κ2) is 10.6. The minimum Gasteiger partial charge on any atom is -0.383 e. The summed E-state index contributed by atoms with van der Waals surface area (Å²) in [5, 5.41) is 0. The summed E-state index contributed by atoms with van der Waals surface area (Å²) >= 11 is 1.72. The van der Waals surface area contributed by atoms with Crippen molar-refractivity contribution in [3.63, 3.8) is 0 Å². The monoisotopic (exact) mass is 276 g/mol. The summed E-state index contributed by atoms with van der Waals surface area (Å²) in [5.74, 6) is 0.989. The summed E-state index contributed by atoms with van der Waals surface area (Å²) < 4.78 is 5.08. The van der Waals surface area contributed by atoms with Crippen molar-refractivity contribution < 1.29 is 9.53 Å². The molecule has 0 bridgehead atoms. The van der Waals surface area contributed by atoms with E-state index in [-0.39, 0.29) is 18.0 Å². The van der Waals surface area contributed by atoms with Gasteiger partial charge in [-0.2, -0.15) is 11.8 Å². The van der Waals surface area contributed by atoms with Gasteiger partial charge < -0.3 is 15.4 Å². The Morgan fingerprint density at radius 2 is 2.00 bits per heavy atom. The van der Waals surface area contributed by atoms with Crippen molar-refractivity contribution in [2.24, 2.45) is 5.73 Å². The van der Waals surface area contributed by atoms with Crippen LogP contribution >= 0.6 is 11.8 Å². The average molecular weight is 276 g/mol. The standard InChI is InChI=1S/C13H28N2O2S/c1-5-11(6-2)15(8-9-17-3)13(16)12(14)7-10-18-4/h11-12H,5-10,14H2,1-4H3/t12-/m0/s1. The highest BCUT2D eigenvalue weighted by molar-refractivity contribution is 7.98. The second-order valence-electron chi connectivity index (χ2n) is 4.38. The van der Waals surface area contributed by atoms with Gasteiger partial charge in [-0.05, 0) is 31.3 Å². The molecule has 0 rings (SSSR count). The van der Waals surface area contributed by atoms with Gasteiger partial charge in [0.1, 0.15) is 0 Å². The largest absolute Gasteiger partial charge is 0.383 e. The molecule has 18 heavy (non-hydrogen) atoms. The van der Waals surface area contributed by atoms with Crippen molar-refractivity contribution in [2.45, 2.75) is 45.2 Å². The maximum Gasteiger partial charge on any atom is 0.239 e. The maximum atomic E-state index is 12.4. The third-order valence-electron chi connectivity index (χ3n) is 3.15. The predicted molar refractivity (Wildman–Crippen MR) is 78.9 cm³/mol. The van der Waals surface area contributed by atoms with Crippen LogP contribution in [0.4, 0.5) is 0 Å². The van der Waals surface area contributed by atoms with E-state index in [1.807, 2.05) is 11.2 Å². The van der Waals surface area contributed by atoms with Gasteiger partial charge in [-0.3, -0.25) is 4.79 Å². The summed E-state index contributed by atoms with van der Waals surface area (Å²) in [6.45, 7) is 5.41. The van der Waals surface area contributed by atoms with Crippen molar-refractivity contribution in [1.82, 2.24) is 4.90 Å². The quantitative estimate of drug-likeness (QED) is 0.660. The molecule has 0 unspecified atom stereocenters. The number of carbonyl (C=O) groups excluding carboxylic acids is 1. The zero-order chi connectivity index (χ0) is 14.0. The lowest BCUT2D eigenvalue weighted by Crippen LogP contribution is -2.49. The summed E-state index contributed by atoms with van der Waals surface area (Å²) in [4.78, 5) is 14.2. The topological polar surface area (TPSA) is 55.6 Å². The average Bonchev–Trinajstić information content (AvgIpc) is 2.40. The maximum absolute atomic E-state index is 12.4. The fraction of sp³-hybridized carbons (Fsp3) is 0.923. The summed E-state index contributed by atoms with van der Waals surface area (Å²) in [7, 11) is 1.66. The van der Waals surface area contributed by atoms with Crippen LogP contribution in [0, 0.1) is 0 Å². The molecular formula is C13H28N2O2S. The molecule has 0 aliphatic heterocycles. The Morgan fingerprint density at radius 3 is 2.44 bits per heavy atom. The van der Waals surface area contributed by atoms with Crippen LogP contribution in [0.15, 0.2) is 0 Å². The molecular weight excluding hydrogens is 248 g/mol. The number of carbonyl (C=O) groups is 1. The lowest BCUT2D eigenvalue weighted by Gasteiger charge is -2.32. The fourth-order valence-corrected chi connectivity index (χ4v) is 2.46. The molecule has 5 heteroatoms. The van der Waals surface area contributed by atoms with Crippen molar-refractivity contribution in [3.8, 4) is 0 Å². The molecule has 0 aromatic carbocycles. The van der Waals surface area contributed by atoms with Crippen molar-refractivity contribution >= 4 is 17.7 Å². The second-order valence-corrected chi connectivity index (χ2v) is 5.37. The van der Waals surface area contributed by atoms with Gasteiger partial charge in [0.2, 0.25) is 5.91 Å². The summed E-state index contributed by atoms with van der Waals surface area (Å²) in [6, 6.07) is -0.108. The van der Waals surface area contributed by atoms with Crippen LogP contribution < -0.4 is 5.73 Å². The SMILES string of the molecule is CCC(CC)N(CCOC)C(=O)[C@@H](N)CCSC. The molecule has 0 aliphatic carbocycles. The highest BCUT2D eigenvalue weighted by Crippen LogP contribution is 2.11. The van der Waals surface area contributed by atoms with Crippen LogP contribution in [-0.4, -0.2) is 55.2 Å². The zero-order valence-electron chi connectivity index (χ0n) is 12.1. The first-order valence-corrected chi connectivity index (χ1v) is 8.05. The molecule has 108 valence electrons. The smallest absolute Gasteiger partial charge is 0.239 e. The Morgan fingerprint density at radius 1 is 1.39 bits per heavy atom. The first kappa shape index (κ1) is 17.7. The Labute approximate surface area is 116 Å². The van der Waals surface area contributed by atoms with Crippen molar-refractivity contribution in [1.29, 1.82) is 0 Å². The Hall–Kier alpha value is -0.260. The van der Waals surface area contributed by atoms with Gasteiger partial charge in [0.05, 0.1) is 12.6 Å². The summed E-state index contributed by atoms with van der Waals surface area (Å²) in [5.41, 5.74) is 5.98. The molecule has 2 N–H and O–H groups in total. The normalized spacial score (nSPS) is 12.8. The molecule has 4 nitrogen and oxygen atoms in total. The van der Waals surface area contributed by atoms with E-state index < -0.39 is 0 Å². The van der Waals surface area contributed by atoms with E-state index in [4.69, 9.17) is 10.5 Å². The molecule has 0 saturated carbocycles. The van der Waals surface area contributed by atoms with Crippen LogP contribution in [0.5, 0.6) is 0 Å². The molecule has 0 saturated heterocycles. The number of nitrogens with two attached hydrogens (primary N) is 1. The summed E-state index contributed by atoms with van der Waals surface area (Å²) in [6.07, 6.45) is 4.69. The number of hydrogen-bond donors (Lipinski definition) is 1. The van der Waals surface area contributed by atoms with Gasteiger partial charge in [-0.25, -0.2) is 0 Å². The van der Waals surface area contributed by atoms with Crippen LogP contribution in [0.3, 0.4) is 0 Å². The predicted octanol–water partition coefficient (Wildman–Crippen LogP) is 1.73. The van der Waals surface area contributed by atoms with Crippen molar-refractivity contribution in [3.05, 3.63) is 0 Å². The van der Waals surface area contributed by atoms with Crippen LogP contribution in [-0.2, 0) is 9.53 Å². The number of rotatable bonds is 10.